The van der Waals surface area contributed by atoms with E-state index in [4.69, 9.17) is 15.7 Å². The first-order valence-corrected chi connectivity index (χ1v) is 5.33. The summed E-state index contributed by atoms with van der Waals surface area (Å²) in [5.74, 6) is 0. The van der Waals surface area contributed by atoms with Crippen molar-refractivity contribution in [1.29, 1.82) is 0 Å². The highest BCUT2D eigenvalue weighted by Gasteiger charge is 2.15. The molecule has 0 fully saturated rings. The Bertz CT molecular complexity index is 299. The molecule has 16 heavy (non-hydrogen) atoms. The van der Waals surface area contributed by atoms with E-state index in [1.807, 2.05) is 0 Å². The molecule has 0 rings (SSSR count). The number of aliphatic hydroxyl groups excluding tert-OH is 2. The third-order valence-corrected chi connectivity index (χ3v) is 2.28. The second-order valence-electron chi connectivity index (χ2n) is 3.34. The highest BCUT2D eigenvalue weighted by atomic mass is 16.3. The summed E-state index contributed by atoms with van der Waals surface area (Å²) in [6.45, 7) is -2.96. The van der Waals surface area contributed by atoms with E-state index in [0.29, 0.717) is 11.4 Å². The minimum atomic E-state index is -2.78. The summed E-state index contributed by atoms with van der Waals surface area (Å²) in [5, 5.41) is 23.5. The Labute approximate surface area is 102 Å². The Kier molecular flexibility index (Phi) is 5.54. The molecule has 96 valence electrons. The summed E-state index contributed by atoms with van der Waals surface area (Å²) < 4.78 is 31.3. The molecular weight excluding hydrogens is 210 g/mol. The number of nitroso groups, excluding NO2 is 1. The molecule has 0 radical (unpaired) electrons. The number of nitrogens with one attached hydrogen (secondary N) is 1. The van der Waals surface area contributed by atoms with Crippen LogP contribution in [0, 0.1) is 4.91 Å². The quantitative estimate of drug-likeness (QED) is 0.371. The van der Waals surface area contributed by atoms with Crippen LogP contribution in [-0.2, 0) is 0 Å². The van der Waals surface area contributed by atoms with Gasteiger partial charge in [-0.2, -0.15) is 0 Å². The van der Waals surface area contributed by atoms with Crippen LogP contribution in [0.15, 0.2) is 5.29 Å². The molecule has 0 amide bonds. The number of rotatable bonds is 10. The van der Waals surface area contributed by atoms with Crippen LogP contribution in [0.2, 0.25) is 0 Å². The SMILES string of the molecule is [2H]C([2H])(N[C@H](CC)CO)C([2H])([2H])N(N=O)[C@H](CC)CO. The summed E-state index contributed by atoms with van der Waals surface area (Å²) in [6, 6.07) is -1.57. The third-order valence-electron chi connectivity index (χ3n) is 2.28. The maximum atomic E-state index is 10.9. The van der Waals surface area contributed by atoms with Gasteiger partial charge in [-0.05, 0) is 12.8 Å². The molecule has 3 N–H and O–H groups in total. The van der Waals surface area contributed by atoms with Crippen LogP contribution in [0.25, 0.3) is 0 Å². The van der Waals surface area contributed by atoms with Gasteiger partial charge in [-0.3, -0.25) is 5.01 Å². The van der Waals surface area contributed by atoms with Crippen molar-refractivity contribution in [1.82, 2.24) is 10.3 Å². The molecule has 0 aromatic carbocycles. The molecule has 2 atom stereocenters. The second-order valence-corrected chi connectivity index (χ2v) is 3.34. The van der Waals surface area contributed by atoms with Crippen LogP contribution in [0.5, 0.6) is 0 Å². The van der Waals surface area contributed by atoms with E-state index in [0.717, 1.165) is 0 Å². The van der Waals surface area contributed by atoms with Crippen molar-refractivity contribution in [3.63, 3.8) is 0 Å². The molecule has 0 aliphatic rings. The third kappa shape index (κ3) is 5.39. The number of nitrogens with zero attached hydrogens (tertiary/aromatic N) is 2. The van der Waals surface area contributed by atoms with Crippen LogP contribution in [0.3, 0.4) is 0 Å². The molecule has 0 spiro atoms. The lowest BCUT2D eigenvalue weighted by molar-refractivity contribution is 0.119. The van der Waals surface area contributed by atoms with Crippen molar-refractivity contribution in [3.05, 3.63) is 4.91 Å². The minimum Gasteiger partial charge on any atom is -0.395 e. The molecule has 0 unspecified atom stereocenters. The van der Waals surface area contributed by atoms with Gasteiger partial charge in [0.2, 0.25) is 0 Å². The van der Waals surface area contributed by atoms with Gasteiger partial charge in [0.15, 0.2) is 0 Å². The van der Waals surface area contributed by atoms with Crippen LogP contribution in [-0.4, -0.2) is 53.5 Å². The van der Waals surface area contributed by atoms with Crippen molar-refractivity contribution in [3.8, 4) is 0 Å². The molecular formula is C10H23N3O3. The van der Waals surface area contributed by atoms with Gasteiger partial charge in [-0.1, -0.05) is 13.8 Å². The molecule has 0 aliphatic heterocycles. The fourth-order valence-corrected chi connectivity index (χ4v) is 1.03. The van der Waals surface area contributed by atoms with E-state index in [1.165, 1.54) is 0 Å². The molecule has 0 aromatic rings. The summed E-state index contributed by atoms with van der Waals surface area (Å²) in [7, 11) is 0. The maximum Gasteiger partial charge on any atom is 0.0731 e. The standard InChI is InChI=1S/C10H23N3O3/c1-3-9(7-14)11-5-6-13(12-16)10(4-2)8-15/h9-11,14-15H,3-8H2,1-2H3/t9-,10-/m1/s1/i5D2,6D2. The van der Waals surface area contributed by atoms with E-state index in [1.54, 1.807) is 13.8 Å². The lowest BCUT2D eigenvalue weighted by Gasteiger charge is -2.24. The van der Waals surface area contributed by atoms with Crippen LogP contribution >= 0.6 is 0 Å². The van der Waals surface area contributed by atoms with Gasteiger partial charge in [0.25, 0.3) is 0 Å². The van der Waals surface area contributed by atoms with Crippen molar-refractivity contribution < 1.29 is 15.7 Å². The highest BCUT2D eigenvalue weighted by molar-refractivity contribution is 4.69. The summed E-state index contributed by atoms with van der Waals surface area (Å²) in [5.41, 5.74) is 0. The summed E-state index contributed by atoms with van der Waals surface area (Å²) in [6.07, 6.45) is 0.618. The Hall–Kier alpha value is -0.720. The molecule has 0 aliphatic carbocycles. The first kappa shape index (κ1) is 9.32. The predicted octanol–water partition coefficient (Wildman–Crippen LogP) is 0.101. The number of aliphatic hydroxyl groups is 2. The number of hydrogen-bond donors (Lipinski definition) is 3. The first-order valence-electron chi connectivity index (χ1n) is 7.33. The predicted molar refractivity (Wildman–Crippen MR) is 62.8 cm³/mol. The van der Waals surface area contributed by atoms with Gasteiger partial charge in [0, 0.05) is 15.3 Å². The maximum absolute atomic E-state index is 10.9. The average Bonchev–Trinajstić information content (AvgIpc) is 2.41. The molecule has 0 saturated carbocycles. The smallest absolute Gasteiger partial charge is 0.0731 e. The minimum absolute atomic E-state index is 0.231. The topological polar surface area (TPSA) is 85.2 Å². The van der Waals surface area contributed by atoms with E-state index in [2.05, 4.69) is 10.6 Å². The zero-order valence-corrected chi connectivity index (χ0v) is 9.68. The van der Waals surface area contributed by atoms with E-state index in [-0.39, 0.29) is 13.0 Å². The Balaban J connectivity index is 5.27. The van der Waals surface area contributed by atoms with Gasteiger partial charge in [0.05, 0.1) is 33.8 Å². The van der Waals surface area contributed by atoms with Gasteiger partial charge < -0.3 is 15.5 Å². The number of hydrogen-bond acceptors (Lipinski definition) is 5. The van der Waals surface area contributed by atoms with Crippen LogP contribution < -0.4 is 5.32 Å². The summed E-state index contributed by atoms with van der Waals surface area (Å²) in [4.78, 5) is 10.9. The fourth-order valence-electron chi connectivity index (χ4n) is 1.03. The Morgan fingerprint density at radius 3 is 2.44 bits per heavy atom. The van der Waals surface area contributed by atoms with Gasteiger partial charge >= 0.3 is 0 Å². The average molecular weight is 237 g/mol. The van der Waals surface area contributed by atoms with E-state index < -0.39 is 31.7 Å². The normalized spacial score (nSPS) is 20.0. The molecule has 0 heterocycles. The van der Waals surface area contributed by atoms with Crippen molar-refractivity contribution in [2.75, 3.05) is 26.2 Å². The zero-order chi connectivity index (χ0) is 16.0. The van der Waals surface area contributed by atoms with E-state index in [9.17, 15) is 4.91 Å². The van der Waals surface area contributed by atoms with Gasteiger partial charge in [-0.25, -0.2) is 0 Å². The van der Waals surface area contributed by atoms with Gasteiger partial charge in [0.1, 0.15) is 0 Å². The van der Waals surface area contributed by atoms with Crippen LogP contribution in [0.4, 0.5) is 0 Å². The van der Waals surface area contributed by atoms with Crippen molar-refractivity contribution >= 4 is 0 Å². The van der Waals surface area contributed by atoms with Crippen molar-refractivity contribution in [2.45, 2.75) is 38.8 Å². The summed E-state index contributed by atoms with van der Waals surface area (Å²) >= 11 is 0. The lowest BCUT2D eigenvalue weighted by atomic mass is 10.2. The monoisotopic (exact) mass is 237 g/mol. The molecule has 0 saturated heterocycles. The lowest BCUT2D eigenvalue weighted by Crippen LogP contribution is -2.41. The molecule has 6 nitrogen and oxygen atoms in total. The second kappa shape index (κ2) is 9.50. The molecule has 0 bridgehead atoms. The van der Waals surface area contributed by atoms with Crippen molar-refractivity contribution in [2.24, 2.45) is 5.29 Å². The Morgan fingerprint density at radius 2 is 2.06 bits per heavy atom. The van der Waals surface area contributed by atoms with E-state index >= 15 is 0 Å². The molecule has 0 aromatic heterocycles. The molecule has 6 heteroatoms. The zero-order valence-electron chi connectivity index (χ0n) is 13.7. The van der Waals surface area contributed by atoms with Crippen LogP contribution in [0.1, 0.15) is 32.2 Å². The fraction of sp³-hybridized carbons (Fsp3) is 1.00. The Morgan fingerprint density at radius 1 is 1.38 bits per heavy atom. The largest absolute Gasteiger partial charge is 0.395 e. The first-order chi connectivity index (χ1) is 9.21. The van der Waals surface area contributed by atoms with Gasteiger partial charge in [-0.15, -0.1) is 4.91 Å². The highest BCUT2D eigenvalue weighted by Crippen LogP contribution is 2.03.